The van der Waals surface area contributed by atoms with E-state index in [0.717, 1.165) is 34.9 Å². The number of aromatic nitrogens is 1. The predicted octanol–water partition coefficient (Wildman–Crippen LogP) is 5.64. The van der Waals surface area contributed by atoms with Crippen molar-refractivity contribution in [3.05, 3.63) is 101 Å². The molecule has 36 heavy (non-hydrogen) atoms. The van der Waals surface area contributed by atoms with Crippen LogP contribution in [0.15, 0.2) is 94.8 Å². The Hall–Kier alpha value is -4.45. The summed E-state index contributed by atoms with van der Waals surface area (Å²) in [5.74, 6) is 0.441. The third kappa shape index (κ3) is 4.58. The largest absolute Gasteiger partial charge is 0.493 e. The van der Waals surface area contributed by atoms with Gasteiger partial charge in [-0.15, -0.1) is 0 Å². The Labute approximate surface area is 208 Å². The molecule has 6 heteroatoms. The number of nitrogens with zero attached hydrogens (tertiary/aromatic N) is 2. The third-order valence-electron chi connectivity index (χ3n) is 6.25. The molecular formula is C30H27N3O3. The van der Waals surface area contributed by atoms with Gasteiger partial charge in [0.25, 0.3) is 5.91 Å². The Morgan fingerprint density at radius 1 is 0.889 bits per heavy atom. The summed E-state index contributed by atoms with van der Waals surface area (Å²) in [6, 6.07) is 26.7. The van der Waals surface area contributed by atoms with Crippen molar-refractivity contribution in [3.8, 4) is 5.75 Å². The minimum Gasteiger partial charge on any atom is -0.493 e. The monoisotopic (exact) mass is 477 g/mol. The smallest absolute Gasteiger partial charge is 0.260 e. The van der Waals surface area contributed by atoms with Gasteiger partial charge in [0.1, 0.15) is 12.3 Å². The molecule has 0 aliphatic heterocycles. The number of ether oxygens (including phenoxy) is 1. The van der Waals surface area contributed by atoms with Crippen LogP contribution in [0.25, 0.3) is 32.6 Å². The van der Waals surface area contributed by atoms with Gasteiger partial charge in [-0.05, 0) is 47.5 Å². The van der Waals surface area contributed by atoms with E-state index < -0.39 is 0 Å². The molecule has 0 radical (unpaired) electrons. The van der Waals surface area contributed by atoms with E-state index in [1.807, 2.05) is 77.4 Å². The maximum atomic E-state index is 13.0. The van der Waals surface area contributed by atoms with Crippen LogP contribution in [0.4, 0.5) is 0 Å². The van der Waals surface area contributed by atoms with Crippen molar-refractivity contribution in [1.29, 1.82) is 0 Å². The fraction of sp³-hybridized carbons (Fsp3) is 0.167. The summed E-state index contributed by atoms with van der Waals surface area (Å²) in [6.45, 7) is 2.76. The van der Waals surface area contributed by atoms with E-state index in [2.05, 4.69) is 17.5 Å². The zero-order chi connectivity index (χ0) is 24.9. The number of para-hydroxylation sites is 2. The number of rotatable bonds is 8. The van der Waals surface area contributed by atoms with Crippen molar-refractivity contribution in [3.63, 3.8) is 0 Å². The average molecular weight is 478 g/mol. The van der Waals surface area contributed by atoms with Crippen LogP contribution in [-0.2, 0) is 11.3 Å². The lowest BCUT2D eigenvalue weighted by atomic mass is 10.0. The van der Waals surface area contributed by atoms with Crippen LogP contribution < -0.4 is 15.6 Å². The Morgan fingerprint density at radius 2 is 1.53 bits per heavy atom. The van der Waals surface area contributed by atoms with E-state index in [-0.39, 0.29) is 17.9 Å². The number of hydrogen-bond donors (Lipinski definition) is 1. The van der Waals surface area contributed by atoms with E-state index in [1.165, 1.54) is 0 Å². The van der Waals surface area contributed by atoms with E-state index >= 15 is 0 Å². The van der Waals surface area contributed by atoms with Crippen LogP contribution in [0.3, 0.4) is 0 Å². The second kappa shape index (κ2) is 10.4. The summed E-state index contributed by atoms with van der Waals surface area (Å²) >= 11 is 0. The van der Waals surface area contributed by atoms with Gasteiger partial charge < -0.3 is 9.30 Å². The van der Waals surface area contributed by atoms with Gasteiger partial charge in [-0.2, -0.15) is 5.10 Å². The van der Waals surface area contributed by atoms with Crippen molar-refractivity contribution in [2.45, 2.75) is 26.3 Å². The van der Waals surface area contributed by atoms with Gasteiger partial charge in [0, 0.05) is 16.3 Å². The predicted molar refractivity (Wildman–Crippen MR) is 146 cm³/mol. The minimum atomic E-state index is -0.293. The summed E-state index contributed by atoms with van der Waals surface area (Å²) in [6.07, 6.45) is 3.64. The van der Waals surface area contributed by atoms with Gasteiger partial charge in [-0.25, -0.2) is 5.43 Å². The number of fused-ring (bicyclic) bond motifs is 3. The summed E-state index contributed by atoms with van der Waals surface area (Å²) in [7, 11) is 0. The number of carbonyl (C=O) groups is 1. The highest BCUT2D eigenvalue weighted by Crippen LogP contribution is 2.27. The molecule has 1 heterocycles. The summed E-state index contributed by atoms with van der Waals surface area (Å²) in [5.41, 5.74) is 4.86. The molecular weight excluding hydrogens is 450 g/mol. The van der Waals surface area contributed by atoms with E-state index in [9.17, 15) is 9.59 Å². The molecule has 0 saturated heterocycles. The summed E-state index contributed by atoms with van der Waals surface area (Å²) in [4.78, 5) is 25.9. The molecule has 0 aliphatic carbocycles. The lowest BCUT2D eigenvalue weighted by Crippen LogP contribution is -2.25. The molecule has 0 spiro atoms. The maximum Gasteiger partial charge on any atom is 0.260 e. The van der Waals surface area contributed by atoms with Crippen molar-refractivity contribution >= 4 is 44.7 Å². The van der Waals surface area contributed by atoms with Crippen molar-refractivity contribution in [2.75, 3.05) is 6.61 Å². The first-order valence-corrected chi connectivity index (χ1v) is 12.1. The fourth-order valence-corrected chi connectivity index (χ4v) is 4.46. The highest BCUT2D eigenvalue weighted by atomic mass is 16.5. The van der Waals surface area contributed by atoms with Crippen molar-refractivity contribution in [2.24, 2.45) is 5.10 Å². The summed E-state index contributed by atoms with van der Waals surface area (Å²) < 4.78 is 7.86. The Kier molecular flexibility index (Phi) is 6.76. The standard InChI is InChI=1S/C30H27N3O3/c1-2-3-18-36-28-17-16-21-10-4-5-11-22(21)25(28)19-31-32-29(34)20-33-26-14-8-6-12-23(26)30(35)24-13-7-9-15-27(24)33/h4-17,19H,2-3,18,20H2,1H3,(H,32,34)/b31-19+. The van der Waals surface area contributed by atoms with Crippen molar-refractivity contribution < 1.29 is 9.53 Å². The number of hydrogen-bond acceptors (Lipinski definition) is 4. The zero-order valence-corrected chi connectivity index (χ0v) is 20.1. The lowest BCUT2D eigenvalue weighted by Gasteiger charge is -2.14. The molecule has 0 saturated carbocycles. The van der Waals surface area contributed by atoms with Gasteiger partial charge in [-0.3, -0.25) is 9.59 Å². The molecule has 180 valence electrons. The number of hydrazone groups is 1. The molecule has 0 bridgehead atoms. The van der Waals surface area contributed by atoms with E-state index in [0.29, 0.717) is 28.4 Å². The number of carbonyl (C=O) groups excluding carboxylic acids is 1. The molecule has 6 nitrogen and oxygen atoms in total. The second-order valence-corrected chi connectivity index (χ2v) is 8.64. The quantitative estimate of drug-likeness (QED) is 0.136. The number of benzene rings is 4. The number of unbranched alkanes of at least 4 members (excludes halogenated alkanes) is 1. The Balaban J connectivity index is 1.44. The van der Waals surface area contributed by atoms with Gasteiger partial charge in [-0.1, -0.05) is 67.9 Å². The SMILES string of the molecule is CCCCOc1ccc2ccccc2c1/C=N/NC(=O)Cn1c2ccccc2c(=O)c2ccccc21. The molecule has 1 N–H and O–H groups in total. The van der Waals surface area contributed by atoms with Crippen LogP contribution in [0.5, 0.6) is 5.75 Å². The van der Waals surface area contributed by atoms with Crippen LogP contribution in [0.1, 0.15) is 25.3 Å². The third-order valence-corrected chi connectivity index (χ3v) is 6.25. The molecule has 5 rings (SSSR count). The van der Waals surface area contributed by atoms with Crippen LogP contribution in [-0.4, -0.2) is 23.3 Å². The summed E-state index contributed by atoms with van der Waals surface area (Å²) in [5, 5.41) is 7.51. The van der Waals surface area contributed by atoms with Gasteiger partial charge in [0.2, 0.25) is 0 Å². The van der Waals surface area contributed by atoms with Crippen LogP contribution in [0.2, 0.25) is 0 Å². The first-order valence-electron chi connectivity index (χ1n) is 12.1. The number of nitrogens with one attached hydrogen (secondary N) is 1. The lowest BCUT2D eigenvalue weighted by molar-refractivity contribution is -0.121. The molecule has 1 aromatic heterocycles. The number of pyridine rings is 1. The van der Waals surface area contributed by atoms with Crippen LogP contribution in [0, 0.1) is 0 Å². The zero-order valence-electron chi connectivity index (χ0n) is 20.1. The minimum absolute atomic E-state index is 0.0219. The molecule has 0 unspecified atom stereocenters. The topological polar surface area (TPSA) is 72.7 Å². The van der Waals surface area contributed by atoms with Gasteiger partial charge >= 0.3 is 0 Å². The fourth-order valence-electron chi connectivity index (χ4n) is 4.46. The number of amides is 1. The van der Waals surface area contributed by atoms with E-state index in [4.69, 9.17) is 4.74 Å². The van der Waals surface area contributed by atoms with Crippen LogP contribution >= 0.6 is 0 Å². The first kappa shape index (κ1) is 23.3. The molecule has 5 aromatic rings. The van der Waals surface area contributed by atoms with Gasteiger partial charge in [0.15, 0.2) is 5.43 Å². The molecule has 0 fully saturated rings. The second-order valence-electron chi connectivity index (χ2n) is 8.64. The highest BCUT2D eigenvalue weighted by Gasteiger charge is 2.13. The van der Waals surface area contributed by atoms with E-state index in [1.54, 1.807) is 18.3 Å². The normalized spacial score (nSPS) is 11.5. The van der Waals surface area contributed by atoms with Crippen molar-refractivity contribution in [1.82, 2.24) is 9.99 Å². The Bertz CT molecular complexity index is 1590. The average Bonchev–Trinajstić information content (AvgIpc) is 2.92. The molecule has 0 atom stereocenters. The highest BCUT2D eigenvalue weighted by molar-refractivity contribution is 6.03. The molecule has 1 amide bonds. The maximum absolute atomic E-state index is 13.0. The van der Waals surface area contributed by atoms with Gasteiger partial charge in [0.05, 0.1) is 23.9 Å². The first-order chi connectivity index (χ1) is 17.7. The molecule has 0 aliphatic rings. The molecule has 4 aromatic carbocycles. The Morgan fingerprint density at radius 3 is 2.22 bits per heavy atom.